The van der Waals surface area contributed by atoms with Gasteiger partial charge in [-0.2, -0.15) is 0 Å². The van der Waals surface area contributed by atoms with Crippen LogP contribution >= 0.6 is 11.6 Å². The Morgan fingerprint density at radius 1 is 1.04 bits per heavy atom. The molecule has 4 heterocycles. The largest absolute Gasteiger partial charge is 0.346 e. The molecule has 52 heavy (non-hydrogen) atoms. The lowest BCUT2D eigenvalue weighted by Gasteiger charge is -2.55. The van der Waals surface area contributed by atoms with Gasteiger partial charge in [0.1, 0.15) is 5.52 Å². The van der Waals surface area contributed by atoms with Gasteiger partial charge in [0.05, 0.1) is 45.8 Å². The van der Waals surface area contributed by atoms with Crippen molar-refractivity contribution in [3.8, 4) is 11.3 Å². The van der Waals surface area contributed by atoms with Crippen molar-refractivity contribution in [1.82, 2.24) is 24.8 Å². The van der Waals surface area contributed by atoms with Crippen molar-refractivity contribution in [1.29, 1.82) is 0 Å². The lowest BCUT2D eigenvalue weighted by atomic mass is 9.71. The van der Waals surface area contributed by atoms with Crippen LogP contribution in [0.4, 0.5) is 34.8 Å². The third kappa shape index (κ3) is 6.09. The Morgan fingerprint density at radius 2 is 1.75 bits per heavy atom. The van der Waals surface area contributed by atoms with Crippen LogP contribution in [0.1, 0.15) is 88.7 Å². The van der Waals surface area contributed by atoms with E-state index in [2.05, 4.69) is 22.1 Å². The summed E-state index contributed by atoms with van der Waals surface area (Å²) in [5.41, 5.74) is 2.23. The van der Waals surface area contributed by atoms with Crippen LogP contribution in [0.25, 0.3) is 22.3 Å². The summed E-state index contributed by atoms with van der Waals surface area (Å²) in [4.78, 5) is 40.7. The monoisotopic (exact) mass is 739 g/mol. The minimum atomic E-state index is -2.86. The maximum atomic E-state index is 15.4. The van der Waals surface area contributed by atoms with Gasteiger partial charge in [-0.05, 0) is 97.2 Å². The van der Waals surface area contributed by atoms with Crippen molar-refractivity contribution >= 4 is 51.6 Å². The first-order valence-electron chi connectivity index (χ1n) is 17.7. The molecular formula is C38H42ClF4N7O2. The zero-order valence-electron chi connectivity index (χ0n) is 29.8. The molecule has 0 unspecified atom stereocenters. The van der Waals surface area contributed by atoms with Gasteiger partial charge in [-0.25, -0.2) is 27.5 Å². The molecule has 2 aromatic heterocycles. The highest BCUT2D eigenvalue weighted by Crippen LogP contribution is 2.50. The molecule has 2 amide bonds. The van der Waals surface area contributed by atoms with Crippen LogP contribution < -0.4 is 15.5 Å². The van der Waals surface area contributed by atoms with Gasteiger partial charge in [0, 0.05) is 28.9 Å². The van der Waals surface area contributed by atoms with Crippen LogP contribution in [0, 0.1) is 11.6 Å². The van der Waals surface area contributed by atoms with Crippen LogP contribution in [0.3, 0.4) is 0 Å². The van der Waals surface area contributed by atoms with Crippen LogP contribution in [0.2, 0.25) is 5.02 Å². The number of rotatable bonds is 9. The van der Waals surface area contributed by atoms with E-state index in [-0.39, 0.29) is 29.3 Å². The molecule has 2 N–H and O–H groups in total. The fourth-order valence-electron chi connectivity index (χ4n) is 8.08. The molecule has 0 radical (unpaired) electrons. The second-order valence-corrected chi connectivity index (χ2v) is 15.6. The van der Waals surface area contributed by atoms with E-state index in [4.69, 9.17) is 16.6 Å². The molecule has 9 nitrogen and oxygen atoms in total. The smallest absolute Gasteiger partial charge is 0.255 e. The van der Waals surface area contributed by atoms with Gasteiger partial charge in [0.2, 0.25) is 5.91 Å². The van der Waals surface area contributed by atoms with E-state index in [1.807, 2.05) is 60.7 Å². The Balaban J connectivity index is 1.28. The minimum Gasteiger partial charge on any atom is -0.346 e. The minimum absolute atomic E-state index is 0.0537. The molecular weight excluding hydrogens is 698 g/mol. The maximum absolute atomic E-state index is 15.4. The molecule has 7 rings (SSSR count). The number of halogens is 5. The van der Waals surface area contributed by atoms with Crippen LogP contribution in [0.15, 0.2) is 36.7 Å². The Bertz CT molecular complexity index is 2070. The van der Waals surface area contributed by atoms with Gasteiger partial charge in [-0.3, -0.25) is 14.5 Å². The predicted molar refractivity (Wildman–Crippen MR) is 194 cm³/mol. The summed E-state index contributed by atoms with van der Waals surface area (Å²) in [6.07, 6.45) is 4.18. The molecule has 2 aromatic carbocycles. The molecule has 1 saturated carbocycles. The highest BCUT2D eigenvalue weighted by Gasteiger charge is 2.54. The zero-order valence-corrected chi connectivity index (χ0v) is 30.6. The van der Waals surface area contributed by atoms with E-state index < -0.39 is 52.2 Å². The summed E-state index contributed by atoms with van der Waals surface area (Å²) >= 11 is 5.96. The van der Waals surface area contributed by atoms with Crippen LogP contribution in [-0.2, 0) is 10.2 Å². The molecule has 1 saturated heterocycles. The number of pyridine rings is 1. The Hall–Kier alpha value is -4.23. The number of anilines is 3. The number of nitrogens with zero attached hydrogens (tertiary/aromatic N) is 5. The number of hydrogen-bond donors (Lipinski definition) is 2. The molecule has 0 atom stereocenters. The third-order valence-corrected chi connectivity index (χ3v) is 11.4. The van der Waals surface area contributed by atoms with E-state index in [9.17, 15) is 18.4 Å². The second-order valence-electron chi connectivity index (χ2n) is 15.2. The third-order valence-electron chi connectivity index (χ3n) is 11.0. The van der Waals surface area contributed by atoms with Gasteiger partial charge in [0.25, 0.3) is 12.3 Å². The molecule has 4 aromatic rings. The van der Waals surface area contributed by atoms with Crippen molar-refractivity contribution in [3.63, 3.8) is 0 Å². The quantitative estimate of drug-likeness (QED) is 0.132. The Labute approximate surface area is 304 Å². The number of alkyl halides is 2. The normalized spacial score (nSPS) is 21.6. The standard InChI is InChI=1S/C38H42ClF4N7O2/c1-20(2)49-19-45-27-15-25(46-34(33(27)49)47-26-14-23(30(39)32(43)31(26)42)35(51)44-18-29(40)41)21-9-10-24-28(13-21)50(36(52)37(24,3)4)22-16-38(5,17-22)48-11-7-6-8-12-48/h9-10,13-15,19-20,22,29H,6-8,11-12,16-18H2,1-5H3,(H,44,51)(H,46,47). The van der Waals surface area contributed by atoms with E-state index in [0.717, 1.165) is 43.2 Å². The number of piperidine rings is 1. The van der Waals surface area contributed by atoms with Gasteiger partial charge >= 0.3 is 0 Å². The number of carbonyl (C=O) groups excluding carboxylic acids is 2. The average Bonchev–Trinajstić information content (AvgIpc) is 3.62. The number of carbonyl (C=O) groups is 2. The first kappa shape index (κ1) is 36.1. The molecule has 0 spiro atoms. The number of likely N-dealkylation sites (tertiary alicyclic amines) is 1. The lowest BCUT2D eigenvalue weighted by molar-refractivity contribution is -0.123. The van der Waals surface area contributed by atoms with Crippen LogP contribution in [0.5, 0.6) is 0 Å². The maximum Gasteiger partial charge on any atom is 0.255 e. The first-order chi connectivity index (χ1) is 24.6. The van der Waals surface area contributed by atoms with E-state index in [1.54, 1.807) is 12.4 Å². The molecule has 276 valence electrons. The van der Waals surface area contributed by atoms with Gasteiger partial charge < -0.3 is 20.1 Å². The number of aromatic nitrogens is 3. The Morgan fingerprint density at radius 3 is 2.42 bits per heavy atom. The number of nitrogens with one attached hydrogen (secondary N) is 2. The highest BCUT2D eigenvalue weighted by molar-refractivity contribution is 6.34. The number of benzene rings is 2. The fraction of sp³-hybridized carbons (Fsp3) is 0.474. The molecule has 2 fully saturated rings. The van der Waals surface area contributed by atoms with Gasteiger partial charge in [0.15, 0.2) is 17.5 Å². The van der Waals surface area contributed by atoms with Crippen LogP contribution in [-0.4, -0.2) is 68.9 Å². The van der Waals surface area contributed by atoms with Gasteiger partial charge in [-0.1, -0.05) is 30.2 Å². The summed E-state index contributed by atoms with van der Waals surface area (Å²) in [5, 5.41) is 3.99. The number of fused-ring (bicyclic) bond motifs is 2. The van der Waals surface area contributed by atoms with E-state index in [1.165, 1.54) is 19.3 Å². The van der Waals surface area contributed by atoms with Crippen molar-refractivity contribution in [2.24, 2.45) is 0 Å². The summed E-state index contributed by atoms with van der Waals surface area (Å²) in [6, 6.07) is 8.53. The number of hydrogen-bond acceptors (Lipinski definition) is 6. The van der Waals surface area contributed by atoms with Crippen molar-refractivity contribution < 1.29 is 27.2 Å². The summed E-state index contributed by atoms with van der Waals surface area (Å²) in [6.45, 7) is 11.2. The SMILES string of the molecule is CC(C)n1cnc2cc(-c3ccc4c(c3)N(C3CC(C)(N5CCCCC5)C3)C(=O)C4(C)C)nc(Nc3cc(C(=O)NCC(F)F)c(Cl)c(F)c3F)c21. The summed E-state index contributed by atoms with van der Waals surface area (Å²) in [5.74, 6) is -3.81. The van der Waals surface area contributed by atoms with Crippen molar-refractivity contribution in [3.05, 3.63) is 64.4 Å². The van der Waals surface area contributed by atoms with E-state index in [0.29, 0.717) is 22.3 Å². The molecule has 3 aliphatic rings. The summed E-state index contributed by atoms with van der Waals surface area (Å²) < 4.78 is 57.9. The average molecular weight is 740 g/mol. The highest BCUT2D eigenvalue weighted by atomic mass is 35.5. The Kier molecular flexibility index (Phi) is 9.26. The predicted octanol–water partition coefficient (Wildman–Crippen LogP) is 8.38. The lowest BCUT2D eigenvalue weighted by Crippen LogP contribution is -2.64. The molecule has 14 heteroatoms. The molecule has 1 aliphatic carbocycles. The second kappa shape index (κ2) is 13.3. The van der Waals surface area contributed by atoms with Crippen molar-refractivity contribution in [2.75, 3.05) is 29.9 Å². The zero-order chi connectivity index (χ0) is 37.3. The molecule has 0 bridgehead atoms. The first-order valence-corrected chi connectivity index (χ1v) is 18.1. The number of imidazole rings is 1. The van der Waals surface area contributed by atoms with Gasteiger partial charge in [-0.15, -0.1) is 0 Å². The summed E-state index contributed by atoms with van der Waals surface area (Å²) in [7, 11) is 0. The fourth-order valence-corrected chi connectivity index (χ4v) is 8.30. The molecule has 2 aliphatic heterocycles. The van der Waals surface area contributed by atoms with E-state index >= 15 is 8.78 Å². The van der Waals surface area contributed by atoms with Crippen molar-refractivity contribution in [2.45, 2.75) is 96.2 Å². The topological polar surface area (TPSA) is 95.4 Å². The number of amides is 2.